The van der Waals surface area contributed by atoms with Gasteiger partial charge in [-0.3, -0.25) is 9.59 Å². The summed E-state index contributed by atoms with van der Waals surface area (Å²) in [6.45, 7) is 2.31. The zero-order chi connectivity index (χ0) is 23.7. The van der Waals surface area contributed by atoms with Gasteiger partial charge in [0.15, 0.2) is 0 Å². The minimum atomic E-state index is -0.140. The van der Waals surface area contributed by atoms with Crippen molar-refractivity contribution in [3.05, 3.63) is 118 Å². The van der Waals surface area contributed by atoms with Crippen molar-refractivity contribution in [3.8, 4) is 0 Å². The molecule has 0 saturated heterocycles. The van der Waals surface area contributed by atoms with Crippen molar-refractivity contribution in [3.63, 3.8) is 0 Å². The van der Waals surface area contributed by atoms with E-state index in [0.717, 1.165) is 34.6 Å². The molecule has 0 unspecified atom stereocenters. The van der Waals surface area contributed by atoms with E-state index >= 15 is 0 Å². The predicted molar refractivity (Wildman–Crippen MR) is 133 cm³/mol. The normalized spacial score (nSPS) is 12.5. The van der Waals surface area contributed by atoms with Gasteiger partial charge in [0.05, 0.1) is 19.2 Å². The zero-order valence-corrected chi connectivity index (χ0v) is 19.4. The van der Waals surface area contributed by atoms with Crippen molar-refractivity contribution in [2.45, 2.75) is 26.3 Å². The first-order valence-corrected chi connectivity index (χ1v) is 11.5. The van der Waals surface area contributed by atoms with Crippen molar-refractivity contribution in [2.75, 3.05) is 10.2 Å². The third-order valence-electron chi connectivity index (χ3n) is 6.14. The molecule has 6 heteroatoms. The summed E-state index contributed by atoms with van der Waals surface area (Å²) in [5.41, 5.74) is 6.21. The highest BCUT2D eigenvalue weighted by Crippen LogP contribution is 2.33. The number of furan rings is 1. The van der Waals surface area contributed by atoms with Crippen LogP contribution in [-0.2, 0) is 24.2 Å². The maximum atomic E-state index is 13.6. The van der Waals surface area contributed by atoms with Gasteiger partial charge in [0, 0.05) is 27.5 Å². The monoisotopic (exact) mass is 470 g/mol. The number of carbonyl (C=O) groups is 2. The molecule has 0 radical (unpaired) electrons. The number of rotatable bonds is 4. The average Bonchev–Trinajstić information content (AvgIpc) is 3.15. The molecule has 0 bridgehead atoms. The third kappa shape index (κ3) is 4.47. The van der Waals surface area contributed by atoms with Crippen LogP contribution in [0.1, 0.15) is 38.4 Å². The summed E-state index contributed by atoms with van der Waals surface area (Å²) < 4.78 is 5.25. The minimum Gasteiger partial charge on any atom is -0.469 e. The van der Waals surface area contributed by atoms with E-state index in [0.29, 0.717) is 22.8 Å². The van der Waals surface area contributed by atoms with Gasteiger partial charge >= 0.3 is 0 Å². The van der Waals surface area contributed by atoms with Crippen molar-refractivity contribution >= 4 is 34.8 Å². The Balaban J connectivity index is 1.37. The molecule has 1 aromatic heterocycles. The number of fused-ring (bicyclic) bond motifs is 2. The highest BCUT2D eigenvalue weighted by atomic mass is 35.5. The molecule has 0 saturated carbocycles. The lowest BCUT2D eigenvalue weighted by Crippen LogP contribution is -2.30. The number of aryl methyl sites for hydroxylation is 1. The molecular weight excluding hydrogens is 448 g/mol. The van der Waals surface area contributed by atoms with Gasteiger partial charge in [-0.2, -0.15) is 0 Å². The maximum absolute atomic E-state index is 13.6. The fourth-order valence-electron chi connectivity index (χ4n) is 4.31. The van der Waals surface area contributed by atoms with Gasteiger partial charge in [0.25, 0.3) is 5.91 Å². The number of carbonyl (C=O) groups excluding carboxylic acids is 2. The van der Waals surface area contributed by atoms with Crippen LogP contribution < -0.4 is 10.2 Å². The molecule has 5 nitrogen and oxygen atoms in total. The van der Waals surface area contributed by atoms with E-state index in [9.17, 15) is 9.59 Å². The van der Waals surface area contributed by atoms with Crippen molar-refractivity contribution in [1.82, 2.24) is 0 Å². The first-order chi connectivity index (χ1) is 16.5. The molecule has 3 aromatic carbocycles. The van der Waals surface area contributed by atoms with Gasteiger partial charge in [-0.15, -0.1) is 0 Å². The van der Waals surface area contributed by atoms with Crippen LogP contribution >= 0.6 is 11.6 Å². The molecule has 170 valence electrons. The van der Waals surface area contributed by atoms with Gasteiger partial charge in [0.2, 0.25) is 5.91 Å². The van der Waals surface area contributed by atoms with Crippen LogP contribution in [0.25, 0.3) is 0 Å². The van der Waals surface area contributed by atoms with Crippen LogP contribution in [0.3, 0.4) is 0 Å². The number of hydrogen-bond donors (Lipinski definition) is 1. The second-order valence-corrected chi connectivity index (χ2v) is 8.85. The van der Waals surface area contributed by atoms with Crippen LogP contribution in [0.5, 0.6) is 0 Å². The Morgan fingerprint density at radius 3 is 2.47 bits per heavy atom. The van der Waals surface area contributed by atoms with Crippen LogP contribution in [0.4, 0.5) is 11.4 Å². The van der Waals surface area contributed by atoms with Gasteiger partial charge in [-0.05, 0) is 78.6 Å². The highest BCUT2D eigenvalue weighted by Gasteiger charge is 2.25. The van der Waals surface area contributed by atoms with E-state index < -0.39 is 0 Å². The lowest BCUT2D eigenvalue weighted by molar-refractivity contribution is -0.115. The highest BCUT2D eigenvalue weighted by molar-refractivity contribution is 6.30. The molecule has 1 N–H and O–H groups in total. The van der Waals surface area contributed by atoms with Crippen LogP contribution in [0.15, 0.2) is 83.5 Å². The second-order valence-electron chi connectivity index (χ2n) is 8.41. The molecule has 1 aliphatic rings. The summed E-state index contributed by atoms with van der Waals surface area (Å²) in [6.07, 6.45) is 2.53. The van der Waals surface area contributed by atoms with Gasteiger partial charge in [0.1, 0.15) is 5.76 Å². The van der Waals surface area contributed by atoms with E-state index in [1.807, 2.05) is 37.3 Å². The molecule has 5 rings (SSSR count). The molecule has 0 spiro atoms. The van der Waals surface area contributed by atoms with Gasteiger partial charge < -0.3 is 14.6 Å². The fraction of sp³-hybridized carbons (Fsp3) is 0.143. The standard InChI is InChI=1S/C28H23ClN2O3/c1-18-20(12-13-34-18)16-27(32)30-25-9-6-19(7-10-25)28(33)31-17-22-5-3-2-4-21(22)14-23-15-24(29)8-11-26(23)31/h2-13,15H,14,16-17H2,1H3,(H,30,32). The lowest BCUT2D eigenvalue weighted by atomic mass is 10.0. The molecule has 34 heavy (non-hydrogen) atoms. The predicted octanol–water partition coefficient (Wildman–Crippen LogP) is 6.17. The molecule has 0 aliphatic carbocycles. The molecule has 4 aromatic rings. The van der Waals surface area contributed by atoms with Crippen LogP contribution in [-0.4, -0.2) is 11.8 Å². The number of hydrogen-bond acceptors (Lipinski definition) is 3. The van der Waals surface area contributed by atoms with E-state index in [-0.39, 0.29) is 18.2 Å². The van der Waals surface area contributed by atoms with E-state index in [4.69, 9.17) is 16.0 Å². The summed E-state index contributed by atoms with van der Waals surface area (Å²) in [4.78, 5) is 27.8. The minimum absolute atomic E-state index is 0.104. The number of nitrogens with one attached hydrogen (secondary N) is 1. The summed E-state index contributed by atoms with van der Waals surface area (Å²) >= 11 is 6.27. The topological polar surface area (TPSA) is 62.6 Å². The SMILES string of the molecule is Cc1occc1CC(=O)Nc1ccc(C(=O)N2Cc3ccccc3Cc3cc(Cl)ccc32)cc1. The van der Waals surface area contributed by atoms with E-state index in [2.05, 4.69) is 17.4 Å². The summed E-state index contributed by atoms with van der Waals surface area (Å²) in [6, 6.07) is 22.6. The maximum Gasteiger partial charge on any atom is 0.258 e. The number of benzene rings is 3. The lowest BCUT2D eigenvalue weighted by Gasteiger charge is -2.24. The molecule has 2 amide bonds. The van der Waals surface area contributed by atoms with Crippen molar-refractivity contribution in [2.24, 2.45) is 0 Å². The number of nitrogens with zero attached hydrogens (tertiary/aromatic N) is 1. The Kier molecular flexibility index (Phi) is 5.95. The molecule has 0 atom stereocenters. The van der Waals surface area contributed by atoms with E-state index in [1.165, 1.54) is 5.56 Å². The quantitative estimate of drug-likeness (QED) is 0.387. The Morgan fingerprint density at radius 1 is 0.971 bits per heavy atom. The molecule has 1 aliphatic heterocycles. The molecular formula is C28H23ClN2O3. The zero-order valence-electron chi connectivity index (χ0n) is 18.7. The average molecular weight is 471 g/mol. The summed E-state index contributed by atoms with van der Waals surface area (Å²) in [5.74, 6) is 0.488. The van der Waals surface area contributed by atoms with Crippen LogP contribution in [0.2, 0.25) is 5.02 Å². The Labute approximate surface area is 203 Å². The largest absolute Gasteiger partial charge is 0.469 e. The fourth-order valence-corrected chi connectivity index (χ4v) is 4.50. The Morgan fingerprint density at radius 2 is 1.74 bits per heavy atom. The van der Waals surface area contributed by atoms with Crippen molar-refractivity contribution in [1.29, 1.82) is 0 Å². The van der Waals surface area contributed by atoms with E-state index in [1.54, 1.807) is 41.5 Å². The number of anilines is 2. The van der Waals surface area contributed by atoms with Crippen molar-refractivity contribution < 1.29 is 14.0 Å². The first kappa shape index (κ1) is 22.0. The molecule has 0 fully saturated rings. The summed E-state index contributed by atoms with van der Waals surface area (Å²) in [7, 11) is 0. The van der Waals surface area contributed by atoms with Gasteiger partial charge in [-0.1, -0.05) is 35.9 Å². The summed E-state index contributed by atoms with van der Waals surface area (Å²) in [5, 5.41) is 3.53. The third-order valence-corrected chi connectivity index (χ3v) is 6.37. The molecule has 2 heterocycles. The number of halogens is 1. The first-order valence-electron chi connectivity index (χ1n) is 11.1. The smallest absolute Gasteiger partial charge is 0.258 e. The second kappa shape index (κ2) is 9.20. The Bertz CT molecular complexity index is 1370. The number of amides is 2. The van der Waals surface area contributed by atoms with Crippen LogP contribution in [0, 0.1) is 6.92 Å². The Hall–Kier alpha value is -3.83. The van der Waals surface area contributed by atoms with Gasteiger partial charge in [-0.25, -0.2) is 0 Å².